The molecule has 0 bridgehead atoms. The van der Waals surface area contributed by atoms with Gasteiger partial charge in [0.15, 0.2) is 0 Å². The molecule has 19 heavy (non-hydrogen) atoms. The van der Waals surface area contributed by atoms with E-state index in [1.165, 1.54) is 12.4 Å². The number of hydrogen-bond donors (Lipinski definition) is 3. The summed E-state index contributed by atoms with van der Waals surface area (Å²) in [6, 6.07) is -0.634. The van der Waals surface area contributed by atoms with E-state index in [1.54, 1.807) is 6.92 Å². The Kier molecular flexibility index (Phi) is 5.23. The number of aromatic nitrogens is 2. The summed E-state index contributed by atoms with van der Waals surface area (Å²) in [5.74, 6) is -0.0979. The van der Waals surface area contributed by atoms with E-state index in [-0.39, 0.29) is 17.4 Å². The maximum Gasteiger partial charge on any atom is 0.272 e. The van der Waals surface area contributed by atoms with Crippen LogP contribution < -0.4 is 16.4 Å². The molecule has 0 saturated heterocycles. The SMILES string of the molecule is CC(C)CNC(=O)C(C)NC(=O)c1cnc(N)cn1. The molecule has 7 heteroatoms. The number of rotatable bonds is 5. The number of carbonyl (C=O) groups is 2. The number of anilines is 1. The van der Waals surface area contributed by atoms with Crippen LogP contribution in [-0.4, -0.2) is 34.4 Å². The van der Waals surface area contributed by atoms with E-state index in [0.29, 0.717) is 12.5 Å². The molecule has 2 amide bonds. The third kappa shape index (κ3) is 4.90. The smallest absolute Gasteiger partial charge is 0.272 e. The van der Waals surface area contributed by atoms with Gasteiger partial charge >= 0.3 is 0 Å². The Morgan fingerprint density at radius 3 is 2.47 bits per heavy atom. The van der Waals surface area contributed by atoms with Crippen LogP contribution in [0.15, 0.2) is 12.4 Å². The number of nitrogens with two attached hydrogens (primary N) is 1. The zero-order valence-electron chi connectivity index (χ0n) is 11.3. The highest BCUT2D eigenvalue weighted by molar-refractivity contribution is 5.95. The third-order valence-electron chi connectivity index (χ3n) is 2.33. The highest BCUT2D eigenvalue weighted by atomic mass is 16.2. The summed E-state index contributed by atoms with van der Waals surface area (Å²) in [6.07, 6.45) is 2.56. The molecule has 1 unspecified atom stereocenters. The van der Waals surface area contributed by atoms with Crippen LogP contribution >= 0.6 is 0 Å². The lowest BCUT2D eigenvalue weighted by Gasteiger charge is -2.14. The predicted molar refractivity (Wildman–Crippen MR) is 71.2 cm³/mol. The molecule has 1 atom stereocenters. The Labute approximate surface area is 112 Å². The van der Waals surface area contributed by atoms with Gasteiger partial charge in [0.1, 0.15) is 17.6 Å². The number of amides is 2. The zero-order chi connectivity index (χ0) is 14.4. The average Bonchev–Trinajstić information content (AvgIpc) is 2.36. The van der Waals surface area contributed by atoms with Gasteiger partial charge < -0.3 is 16.4 Å². The molecule has 4 N–H and O–H groups in total. The largest absolute Gasteiger partial charge is 0.382 e. The second kappa shape index (κ2) is 6.67. The number of nitrogens with zero attached hydrogens (tertiary/aromatic N) is 2. The lowest BCUT2D eigenvalue weighted by molar-refractivity contribution is -0.122. The van der Waals surface area contributed by atoms with Crippen molar-refractivity contribution in [2.75, 3.05) is 12.3 Å². The summed E-state index contributed by atoms with van der Waals surface area (Å²) in [5.41, 5.74) is 5.50. The van der Waals surface area contributed by atoms with Gasteiger partial charge in [-0.25, -0.2) is 9.97 Å². The molecule has 0 spiro atoms. The first-order chi connectivity index (χ1) is 8.90. The van der Waals surface area contributed by atoms with E-state index < -0.39 is 11.9 Å². The van der Waals surface area contributed by atoms with Crippen LogP contribution in [-0.2, 0) is 4.79 Å². The van der Waals surface area contributed by atoms with Gasteiger partial charge in [-0.05, 0) is 12.8 Å². The number of carbonyl (C=O) groups excluding carboxylic acids is 2. The van der Waals surface area contributed by atoms with Crippen LogP contribution in [0.3, 0.4) is 0 Å². The van der Waals surface area contributed by atoms with Crippen molar-refractivity contribution >= 4 is 17.6 Å². The van der Waals surface area contributed by atoms with Gasteiger partial charge in [-0.3, -0.25) is 9.59 Å². The molecule has 1 aromatic rings. The molecule has 0 fully saturated rings. The summed E-state index contributed by atoms with van der Waals surface area (Å²) >= 11 is 0. The molecule has 1 rings (SSSR count). The van der Waals surface area contributed by atoms with Crippen LogP contribution in [0, 0.1) is 5.92 Å². The standard InChI is InChI=1S/C12H19N5O2/c1-7(2)4-16-11(18)8(3)17-12(19)9-5-15-10(13)6-14-9/h5-8H,4H2,1-3H3,(H2,13,15)(H,16,18)(H,17,19). The van der Waals surface area contributed by atoms with Crippen molar-refractivity contribution in [1.82, 2.24) is 20.6 Å². The van der Waals surface area contributed by atoms with Crippen molar-refractivity contribution in [2.24, 2.45) is 5.92 Å². The first kappa shape index (κ1) is 14.9. The highest BCUT2D eigenvalue weighted by Gasteiger charge is 2.17. The summed E-state index contributed by atoms with van der Waals surface area (Å²) < 4.78 is 0. The molecule has 0 aromatic carbocycles. The van der Waals surface area contributed by atoms with Crippen LogP contribution in [0.4, 0.5) is 5.82 Å². The van der Waals surface area contributed by atoms with Gasteiger partial charge in [0.25, 0.3) is 5.91 Å². The molecule has 0 aliphatic rings. The summed E-state index contributed by atoms with van der Waals surface area (Å²) in [4.78, 5) is 31.1. The van der Waals surface area contributed by atoms with Crippen molar-refractivity contribution in [3.63, 3.8) is 0 Å². The molecule has 104 valence electrons. The fourth-order valence-electron chi connectivity index (χ4n) is 1.25. The topological polar surface area (TPSA) is 110 Å². The van der Waals surface area contributed by atoms with Gasteiger partial charge in [0, 0.05) is 6.54 Å². The quantitative estimate of drug-likeness (QED) is 0.691. The fourth-order valence-corrected chi connectivity index (χ4v) is 1.25. The fraction of sp³-hybridized carbons (Fsp3) is 0.500. The first-order valence-electron chi connectivity index (χ1n) is 6.06. The van der Waals surface area contributed by atoms with Gasteiger partial charge in [-0.2, -0.15) is 0 Å². The minimum atomic E-state index is -0.634. The van der Waals surface area contributed by atoms with Crippen molar-refractivity contribution < 1.29 is 9.59 Å². The average molecular weight is 265 g/mol. The van der Waals surface area contributed by atoms with E-state index in [1.807, 2.05) is 13.8 Å². The van der Waals surface area contributed by atoms with E-state index >= 15 is 0 Å². The Balaban J connectivity index is 2.51. The highest BCUT2D eigenvalue weighted by Crippen LogP contribution is 1.97. The molecule has 1 aromatic heterocycles. The monoisotopic (exact) mass is 265 g/mol. The molecule has 7 nitrogen and oxygen atoms in total. The van der Waals surface area contributed by atoms with Crippen LogP contribution in [0.25, 0.3) is 0 Å². The van der Waals surface area contributed by atoms with E-state index in [9.17, 15) is 9.59 Å². The first-order valence-corrected chi connectivity index (χ1v) is 6.06. The maximum absolute atomic E-state index is 11.8. The minimum Gasteiger partial charge on any atom is -0.382 e. The summed E-state index contributed by atoms with van der Waals surface area (Å²) in [5, 5.41) is 5.28. The van der Waals surface area contributed by atoms with Crippen molar-refractivity contribution in [2.45, 2.75) is 26.8 Å². The molecular formula is C12H19N5O2. The van der Waals surface area contributed by atoms with E-state index in [2.05, 4.69) is 20.6 Å². The molecule has 1 heterocycles. The molecule has 0 saturated carbocycles. The van der Waals surface area contributed by atoms with E-state index in [4.69, 9.17) is 5.73 Å². The number of nitrogen functional groups attached to an aromatic ring is 1. The second-order valence-electron chi connectivity index (χ2n) is 4.66. The maximum atomic E-state index is 11.8. The van der Waals surface area contributed by atoms with Gasteiger partial charge in [0.05, 0.1) is 12.4 Å². The van der Waals surface area contributed by atoms with Crippen LogP contribution in [0.1, 0.15) is 31.3 Å². The van der Waals surface area contributed by atoms with Crippen molar-refractivity contribution in [3.8, 4) is 0 Å². The van der Waals surface area contributed by atoms with Gasteiger partial charge in [-0.1, -0.05) is 13.8 Å². The molecule has 0 aliphatic carbocycles. The summed E-state index contributed by atoms with van der Waals surface area (Å²) in [7, 11) is 0. The predicted octanol–water partition coefficient (Wildman–Crippen LogP) is -0.0507. The Hall–Kier alpha value is -2.18. The minimum absolute atomic E-state index is 0.123. The van der Waals surface area contributed by atoms with Crippen LogP contribution in [0.5, 0.6) is 0 Å². The Morgan fingerprint density at radius 1 is 1.26 bits per heavy atom. The van der Waals surface area contributed by atoms with E-state index in [0.717, 1.165) is 0 Å². The second-order valence-corrected chi connectivity index (χ2v) is 4.66. The van der Waals surface area contributed by atoms with Crippen molar-refractivity contribution in [1.29, 1.82) is 0 Å². The summed E-state index contributed by atoms with van der Waals surface area (Å²) in [6.45, 7) is 6.17. The van der Waals surface area contributed by atoms with Crippen molar-refractivity contribution in [3.05, 3.63) is 18.1 Å². The van der Waals surface area contributed by atoms with Gasteiger partial charge in [-0.15, -0.1) is 0 Å². The Morgan fingerprint density at radius 2 is 1.95 bits per heavy atom. The zero-order valence-corrected chi connectivity index (χ0v) is 11.3. The normalized spacial score (nSPS) is 12.0. The van der Waals surface area contributed by atoms with Gasteiger partial charge in [0.2, 0.25) is 5.91 Å². The molecule has 0 aliphatic heterocycles. The lowest BCUT2D eigenvalue weighted by Crippen LogP contribution is -2.45. The third-order valence-corrected chi connectivity index (χ3v) is 2.33. The van der Waals surface area contributed by atoms with Crippen LogP contribution in [0.2, 0.25) is 0 Å². The lowest BCUT2D eigenvalue weighted by atomic mass is 10.2. The Bertz CT molecular complexity index is 444. The molecular weight excluding hydrogens is 246 g/mol. The molecule has 0 radical (unpaired) electrons. The number of nitrogens with one attached hydrogen (secondary N) is 2. The number of hydrogen-bond acceptors (Lipinski definition) is 5.